The lowest BCUT2D eigenvalue weighted by Crippen LogP contribution is -2.32. The maximum Gasteiger partial charge on any atom is 0.109 e. The molecule has 0 aromatic heterocycles. The average molecular weight is 541 g/mol. The second kappa shape index (κ2) is 7.65. The topological polar surface area (TPSA) is 38.4 Å². The Morgan fingerprint density at radius 1 is 0.571 bits per heavy atom. The van der Waals surface area contributed by atoms with E-state index in [2.05, 4.69) is 119 Å². The van der Waals surface area contributed by atoms with Gasteiger partial charge in [-0.1, -0.05) is 96.1 Å². The molecule has 6 aromatic rings. The molecule has 2 atom stereocenters. The molecule has 0 heterocycles. The van der Waals surface area contributed by atoms with E-state index < -0.39 is 11.1 Å². The Labute approximate surface area is 246 Å². The third kappa shape index (κ3) is 2.72. The highest BCUT2D eigenvalue weighted by Crippen LogP contribution is 2.55. The normalized spacial score (nSPS) is 20.7. The van der Waals surface area contributed by atoms with Crippen LogP contribution in [0.3, 0.4) is 0 Å². The monoisotopic (exact) mass is 540 g/mol. The largest absolute Gasteiger partial charge is 0.318 e. The van der Waals surface area contributed by atoms with Gasteiger partial charge in [0.05, 0.1) is 5.54 Å². The highest BCUT2D eigenvalue weighted by molar-refractivity contribution is 6.07. The molecule has 9 rings (SSSR count). The Kier molecular flexibility index (Phi) is 4.39. The summed E-state index contributed by atoms with van der Waals surface area (Å²) in [6, 6.07) is 32.1. The summed E-state index contributed by atoms with van der Waals surface area (Å²) in [5, 5.41) is 5.20. The van der Waals surface area contributed by atoms with Crippen molar-refractivity contribution in [3.8, 4) is 33.4 Å². The summed E-state index contributed by atoms with van der Waals surface area (Å²) in [6.45, 7) is 12.8. The van der Waals surface area contributed by atoms with Crippen LogP contribution in [0.1, 0.15) is 58.4 Å². The summed E-state index contributed by atoms with van der Waals surface area (Å²) >= 11 is 0. The van der Waals surface area contributed by atoms with Gasteiger partial charge in [0.1, 0.15) is 5.54 Å². The molecule has 0 amide bonds. The Balaban J connectivity index is 1.25. The molecule has 0 saturated carbocycles. The molecule has 2 unspecified atom stereocenters. The minimum absolute atomic E-state index is 0.470. The van der Waals surface area contributed by atoms with Gasteiger partial charge in [-0.3, -0.25) is 4.99 Å². The molecule has 0 saturated heterocycles. The van der Waals surface area contributed by atoms with Gasteiger partial charge in [0.15, 0.2) is 0 Å². The number of aryl methyl sites for hydroxylation is 2. The molecular weight excluding hydrogens is 508 g/mol. The number of nitrogens with zero attached hydrogens (tertiary/aromatic N) is 1. The lowest BCUT2D eigenvalue weighted by molar-refractivity contribution is 0.626. The van der Waals surface area contributed by atoms with Crippen molar-refractivity contribution in [1.82, 2.24) is 0 Å². The van der Waals surface area contributed by atoms with Crippen LogP contribution in [-0.2, 0) is 17.5 Å². The van der Waals surface area contributed by atoms with Crippen LogP contribution >= 0.6 is 0 Å². The van der Waals surface area contributed by atoms with Gasteiger partial charge in [-0.2, -0.15) is 0 Å². The van der Waals surface area contributed by atoms with E-state index in [0.29, 0.717) is 0 Å². The van der Waals surface area contributed by atoms with Crippen molar-refractivity contribution in [3.63, 3.8) is 0 Å². The molecule has 0 bridgehead atoms. The Morgan fingerprint density at radius 2 is 1.02 bits per heavy atom. The van der Waals surface area contributed by atoms with Crippen LogP contribution in [0, 0.1) is 13.8 Å². The summed E-state index contributed by atoms with van der Waals surface area (Å²) in [4.78, 5) is 4.77. The van der Waals surface area contributed by atoms with Crippen molar-refractivity contribution >= 4 is 28.3 Å². The number of benzene rings is 6. The zero-order chi connectivity index (χ0) is 28.7. The maximum atomic E-state index is 7.16. The fraction of sp³-hybridized carbons (Fsp3) is 0.175. The number of nitrogens with two attached hydrogens (primary N) is 1. The average Bonchev–Trinajstić information content (AvgIpc) is 3.57. The third-order valence-corrected chi connectivity index (χ3v) is 10.6. The van der Waals surface area contributed by atoms with E-state index in [4.69, 9.17) is 10.7 Å². The molecule has 0 aliphatic heterocycles. The van der Waals surface area contributed by atoms with Crippen molar-refractivity contribution in [2.45, 2.75) is 45.2 Å². The van der Waals surface area contributed by atoms with Crippen LogP contribution in [0.2, 0.25) is 0 Å². The van der Waals surface area contributed by atoms with Crippen molar-refractivity contribution in [2.75, 3.05) is 0 Å². The molecule has 2 N–H and O–H groups in total. The molecule has 202 valence electrons. The number of rotatable bonds is 1. The fourth-order valence-corrected chi connectivity index (χ4v) is 8.58. The molecule has 2 heteroatoms. The first-order chi connectivity index (χ1) is 20.2. The SMILES string of the molecule is C=NC1(C)c2cc(C)ccc2-c2ccc3c4c(ccc3c21)-c1ccc2c3c(ccc2c1C4)-c1ccc(C)cc1C3(C)N. The zero-order valence-corrected chi connectivity index (χ0v) is 24.5. The standard InChI is InChI=1S/C40H32N2/c1-21-6-8-27-31-16-12-25-29(37(31)39(3,41)35(27)18-21)14-10-23-24-11-15-30-26(34(24)20-33(23)25)13-17-32-28-9-7-22(2)19-36(28)40(4,42-5)38(30)32/h6-19H,5,20,41H2,1-4H3. The minimum Gasteiger partial charge on any atom is -0.318 e. The van der Waals surface area contributed by atoms with Gasteiger partial charge in [0.2, 0.25) is 0 Å². The highest BCUT2D eigenvalue weighted by atomic mass is 14.8. The van der Waals surface area contributed by atoms with Gasteiger partial charge >= 0.3 is 0 Å². The zero-order valence-electron chi connectivity index (χ0n) is 24.5. The van der Waals surface area contributed by atoms with Crippen molar-refractivity contribution in [1.29, 1.82) is 0 Å². The smallest absolute Gasteiger partial charge is 0.109 e. The van der Waals surface area contributed by atoms with Gasteiger partial charge < -0.3 is 5.73 Å². The second-order valence-corrected chi connectivity index (χ2v) is 13.1. The minimum atomic E-state index is -0.529. The molecule has 3 aliphatic rings. The third-order valence-electron chi connectivity index (χ3n) is 10.6. The van der Waals surface area contributed by atoms with Crippen molar-refractivity contribution in [2.24, 2.45) is 10.7 Å². The lowest BCUT2D eigenvalue weighted by atomic mass is 9.85. The summed E-state index contributed by atoms with van der Waals surface area (Å²) < 4.78 is 0. The first-order valence-electron chi connectivity index (χ1n) is 14.9. The van der Waals surface area contributed by atoms with Crippen LogP contribution < -0.4 is 5.73 Å². The van der Waals surface area contributed by atoms with Crippen LogP contribution in [0.4, 0.5) is 0 Å². The summed E-state index contributed by atoms with van der Waals surface area (Å²) in [6.07, 6.45) is 0.911. The molecule has 0 fully saturated rings. The number of aliphatic imine (C=N–C) groups is 1. The molecule has 0 radical (unpaired) electrons. The summed E-state index contributed by atoms with van der Waals surface area (Å²) in [5.74, 6) is 0. The van der Waals surface area contributed by atoms with E-state index >= 15 is 0 Å². The fourth-order valence-electron chi connectivity index (χ4n) is 8.58. The van der Waals surface area contributed by atoms with Gasteiger partial charge in [-0.15, -0.1) is 0 Å². The molecule has 42 heavy (non-hydrogen) atoms. The summed E-state index contributed by atoms with van der Waals surface area (Å²) in [7, 11) is 0. The van der Waals surface area contributed by atoms with Crippen LogP contribution in [0.5, 0.6) is 0 Å². The van der Waals surface area contributed by atoms with E-state index in [-0.39, 0.29) is 0 Å². The quantitative estimate of drug-likeness (QED) is 0.207. The van der Waals surface area contributed by atoms with E-state index in [1.54, 1.807) is 0 Å². The Hall–Kier alpha value is -4.53. The number of hydrogen-bond donors (Lipinski definition) is 1. The first kappa shape index (κ1) is 24.1. The lowest BCUT2D eigenvalue weighted by Gasteiger charge is -2.24. The van der Waals surface area contributed by atoms with Gasteiger partial charge in [-0.05, 0) is 129 Å². The van der Waals surface area contributed by atoms with Gasteiger partial charge in [0, 0.05) is 0 Å². The van der Waals surface area contributed by atoms with E-state index in [1.807, 2.05) is 0 Å². The van der Waals surface area contributed by atoms with Gasteiger partial charge in [0.25, 0.3) is 0 Å². The Bertz CT molecular complexity index is 2250. The first-order valence-corrected chi connectivity index (χ1v) is 14.9. The molecule has 6 aromatic carbocycles. The van der Waals surface area contributed by atoms with Crippen LogP contribution in [-0.4, -0.2) is 6.72 Å². The van der Waals surface area contributed by atoms with E-state index in [1.165, 1.54) is 99.4 Å². The van der Waals surface area contributed by atoms with Gasteiger partial charge in [-0.25, -0.2) is 0 Å². The Morgan fingerprint density at radius 3 is 1.62 bits per heavy atom. The molecule has 3 aliphatic carbocycles. The van der Waals surface area contributed by atoms with Crippen molar-refractivity contribution in [3.05, 3.63) is 129 Å². The van der Waals surface area contributed by atoms with Crippen LogP contribution in [0.15, 0.2) is 89.9 Å². The molecule has 0 spiro atoms. The van der Waals surface area contributed by atoms with Crippen LogP contribution in [0.25, 0.3) is 54.9 Å². The van der Waals surface area contributed by atoms with Crippen molar-refractivity contribution < 1.29 is 0 Å². The molecular formula is C40H32N2. The number of hydrogen-bond acceptors (Lipinski definition) is 2. The summed E-state index contributed by atoms with van der Waals surface area (Å²) in [5.41, 5.74) is 24.3. The highest BCUT2D eigenvalue weighted by Gasteiger charge is 2.41. The predicted molar refractivity (Wildman–Crippen MR) is 177 cm³/mol. The van der Waals surface area contributed by atoms with E-state index in [0.717, 1.165) is 6.42 Å². The molecule has 2 nitrogen and oxygen atoms in total. The predicted octanol–water partition coefficient (Wildman–Crippen LogP) is 9.33. The van der Waals surface area contributed by atoms with E-state index in [9.17, 15) is 0 Å². The second-order valence-electron chi connectivity index (χ2n) is 13.1. The number of fused-ring (bicyclic) bond motifs is 15. The maximum absolute atomic E-state index is 7.16.